The highest BCUT2D eigenvalue weighted by Gasteiger charge is 2.32. The lowest BCUT2D eigenvalue weighted by Gasteiger charge is -2.24. The number of allylic oxidation sites excluding steroid dienone is 4. The normalized spacial score (nSPS) is 18.3. The van der Waals surface area contributed by atoms with Crippen LogP contribution in [0.15, 0.2) is 42.5 Å². The van der Waals surface area contributed by atoms with Crippen molar-refractivity contribution in [2.75, 3.05) is 12.4 Å². The van der Waals surface area contributed by atoms with Gasteiger partial charge in [0.25, 0.3) is 0 Å². The summed E-state index contributed by atoms with van der Waals surface area (Å²) >= 11 is 0. The number of amides is 1. The standard InChI is InChI=1S/C18H15N3O3/c1-24-18(23)12-7-5-10(6-8-12)13-9-14(22)19-17-15(13)16(20-21-17)11-3-2-4-11/h2-8,13H,9H2,1H3,(H2,19,20,21,22). The maximum absolute atomic E-state index is 12.0. The SMILES string of the molecule is COC(=O)c1ccc(C2CC(=O)Nc3n[nH]c(C4=CC=C4)c32)cc1. The number of carbonyl (C=O) groups excluding carboxylic acids is 2. The number of H-pyrrole nitrogens is 1. The van der Waals surface area contributed by atoms with Crippen LogP contribution in [0.2, 0.25) is 0 Å². The molecule has 2 heterocycles. The van der Waals surface area contributed by atoms with E-state index in [1.54, 1.807) is 12.1 Å². The van der Waals surface area contributed by atoms with Crippen LogP contribution in [0, 0.1) is 0 Å². The molecule has 120 valence electrons. The number of esters is 1. The average molecular weight is 321 g/mol. The second kappa shape index (κ2) is 5.49. The summed E-state index contributed by atoms with van der Waals surface area (Å²) < 4.78 is 4.72. The van der Waals surface area contributed by atoms with Gasteiger partial charge in [0.1, 0.15) is 0 Å². The molecule has 1 aromatic heterocycles. The average Bonchev–Trinajstić information content (AvgIpc) is 2.95. The van der Waals surface area contributed by atoms with Gasteiger partial charge < -0.3 is 10.1 Å². The van der Waals surface area contributed by atoms with Crippen molar-refractivity contribution in [2.45, 2.75) is 12.3 Å². The van der Waals surface area contributed by atoms with Crippen molar-refractivity contribution < 1.29 is 14.3 Å². The van der Waals surface area contributed by atoms with E-state index in [1.807, 2.05) is 30.4 Å². The Morgan fingerprint density at radius 1 is 1.29 bits per heavy atom. The molecule has 0 saturated carbocycles. The highest BCUT2D eigenvalue weighted by Crippen LogP contribution is 2.41. The highest BCUT2D eigenvalue weighted by atomic mass is 16.5. The van der Waals surface area contributed by atoms with Crippen molar-refractivity contribution in [2.24, 2.45) is 0 Å². The molecule has 0 bridgehead atoms. The van der Waals surface area contributed by atoms with Crippen LogP contribution in [0.5, 0.6) is 0 Å². The third-order valence-corrected chi connectivity index (χ3v) is 4.37. The van der Waals surface area contributed by atoms with Gasteiger partial charge in [-0.15, -0.1) is 0 Å². The minimum Gasteiger partial charge on any atom is -0.465 e. The molecule has 1 aromatic carbocycles. The molecular weight excluding hydrogens is 306 g/mol. The second-order valence-corrected chi connectivity index (χ2v) is 5.76. The van der Waals surface area contributed by atoms with Gasteiger partial charge in [0.15, 0.2) is 5.82 Å². The van der Waals surface area contributed by atoms with Crippen molar-refractivity contribution in [3.63, 3.8) is 0 Å². The molecule has 0 radical (unpaired) electrons. The summed E-state index contributed by atoms with van der Waals surface area (Å²) in [7, 11) is 1.35. The summed E-state index contributed by atoms with van der Waals surface area (Å²) in [6.45, 7) is 0. The Balaban J connectivity index is 1.75. The van der Waals surface area contributed by atoms with E-state index >= 15 is 0 Å². The minimum atomic E-state index is -0.377. The van der Waals surface area contributed by atoms with E-state index in [0.717, 1.165) is 22.4 Å². The van der Waals surface area contributed by atoms with Gasteiger partial charge in [-0.3, -0.25) is 9.89 Å². The maximum Gasteiger partial charge on any atom is 0.337 e. The van der Waals surface area contributed by atoms with Gasteiger partial charge in [-0.1, -0.05) is 30.4 Å². The van der Waals surface area contributed by atoms with Gasteiger partial charge in [-0.2, -0.15) is 5.10 Å². The van der Waals surface area contributed by atoms with Gasteiger partial charge in [0.05, 0.1) is 18.4 Å². The summed E-state index contributed by atoms with van der Waals surface area (Å²) in [5.74, 6) is 0.0201. The Kier molecular flexibility index (Phi) is 3.30. The third-order valence-electron chi connectivity index (χ3n) is 4.37. The van der Waals surface area contributed by atoms with Crippen molar-refractivity contribution in [1.29, 1.82) is 0 Å². The summed E-state index contributed by atoms with van der Waals surface area (Å²) in [6, 6.07) is 7.16. The third kappa shape index (κ3) is 2.23. The van der Waals surface area contributed by atoms with E-state index in [0.29, 0.717) is 17.8 Å². The fourth-order valence-electron chi connectivity index (χ4n) is 3.09. The molecule has 0 spiro atoms. The molecule has 2 aromatic rings. The second-order valence-electron chi connectivity index (χ2n) is 5.76. The molecule has 1 aliphatic heterocycles. The lowest BCUT2D eigenvalue weighted by atomic mass is 9.83. The Hall–Kier alpha value is -3.15. The number of rotatable bonds is 3. The molecule has 0 fully saturated rings. The van der Waals surface area contributed by atoms with E-state index < -0.39 is 0 Å². The van der Waals surface area contributed by atoms with Gasteiger partial charge >= 0.3 is 5.97 Å². The number of methoxy groups -OCH3 is 1. The van der Waals surface area contributed by atoms with Crippen LogP contribution in [-0.4, -0.2) is 29.2 Å². The maximum atomic E-state index is 12.0. The Morgan fingerprint density at radius 2 is 2.04 bits per heavy atom. The van der Waals surface area contributed by atoms with Gasteiger partial charge in [-0.25, -0.2) is 4.79 Å². The topological polar surface area (TPSA) is 84.1 Å². The van der Waals surface area contributed by atoms with Crippen LogP contribution in [-0.2, 0) is 9.53 Å². The summed E-state index contributed by atoms with van der Waals surface area (Å²) in [5, 5.41) is 10.1. The fourth-order valence-corrected chi connectivity index (χ4v) is 3.09. The van der Waals surface area contributed by atoms with Crippen LogP contribution in [0.1, 0.15) is 39.5 Å². The van der Waals surface area contributed by atoms with Crippen LogP contribution < -0.4 is 5.32 Å². The first-order chi connectivity index (χ1) is 11.7. The van der Waals surface area contributed by atoms with Gasteiger partial charge in [0.2, 0.25) is 5.91 Å². The molecule has 4 rings (SSSR count). The highest BCUT2D eigenvalue weighted by molar-refractivity contribution is 5.96. The van der Waals surface area contributed by atoms with E-state index in [4.69, 9.17) is 4.74 Å². The molecular formula is C18H15N3O3. The molecule has 0 saturated heterocycles. The van der Waals surface area contributed by atoms with Crippen LogP contribution in [0.3, 0.4) is 0 Å². The minimum absolute atomic E-state index is 0.0688. The number of nitrogens with one attached hydrogen (secondary N) is 2. The zero-order valence-corrected chi connectivity index (χ0v) is 13.0. The Labute approximate surface area is 138 Å². The quantitative estimate of drug-likeness (QED) is 0.851. The van der Waals surface area contributed by atoms with E-state index in [1.165, 1.54) is 7.11 Å². The number of fused-ring (bicyclic) bond motifs is 1. The number of carbonyl (C=O) groups is 2. The van der Waals surface area contributed by atoms with Crippen LogP contribution in [0.25, 0.3) is 5.57 Å². The lowest BCUT2D eigenvalue weighted by molar-refractivity contribution is -0.116. The predicted molar refractivity (Wildman–Crippen MR) is 88.6 cm³/mol. The van der Waals surface area contributed by atoms with Crippen LogP contribution >= 0.6 is 0 Å². The van der Waals surface area contributed by atoms with Crippen molar-refractivity contribution in [1.82, 2.24) is 10.2 Å². The number of ether oxygens (including phenoxy) is 1. The smallest absolute Gasteiger partial charge is 0.337 e. The van der Waals surface area contributed by atoms with Crippen molar-refractivity contribution in [3.8, 4) is 0 Å². The van der Waals surface area contributed by atoms with E-state index in [9.17, 15) is 9.59 Å². The number of hydrogen-bond acceptors (Lipinski definition) is 4. The number of benzene rings is 1. The molecule has 6 nitrogen and oxygen atoms in total. The molecule has 2 N–H and O–H groups in total. The van der Waals surface area contributed by atoms with E-state index in [2.05, 4.69) is 15.5 Å². The van der Waals surface area contributed by atoms with Crippen molar-refractivity contribution in [3.05, 3.63) is 64.9 Å². The number of nitrogens with zero attached hydrogens (tertiary/aromatic N) is 1. The molecule has 1 unspecified atom stereocenters. The lowest BCUT2D eigenvalue weighted by Crippen LogP contribution is -2.23. The number of anilines is 1. The van der Waals surface area contributed by atoms with E-state index in [-0.39, 0.29) is 17.8 Å². The van der Waals surface area contributed by atoms with Crippen LogP contribution in [0.4, 0.5) is 5.82 Å². The zero-order chi connectivity index (χ0) is 16.7. The Bertz CT molecular complexity index is 891. The molecule has 2 aliphatic rings. The zero-order valence-electron chi connectivity index (χ0n) is 13.0. The number of hydrogen-bond donors (Lipinski definition) is 2. The summed E-state index contributed by atoms with van der Waals surface area (Å²) in [5.41, 5.74) is 4.42. The largest absolute Gasteiger partial charge is 0.465 e. The first-order valence-electron chi connectivity index (χ1n) is 7.62. The molecule has 6 heteroatoms. The molecule has 1 aliphatic carbocycles. The van der Waals surface area contributed by atoms with Gasteiger partial charge in [-0.05, 0) is 23.3 Å². The summed E-state index contributed by atoms with van der Waals surface area (Å²) in [4.78, 5) is 23.6. The molecule has 1 amide bonds. The molecule has 24 heavy (non-hydrogen) atoms. The van der Waals surface area contributed by atoms with Gasteiger partial charge in [0, 0.05) is 17.9 Å². The first kappa shape index (κ1) is 14.4. The predicted octanol–water partition coefficient (Wildman–Crippen LogP) is 2.62. The number of aromatic nitrogens is 2. The number of aromatic amines is 1. The van der Waals surface area contributed by atoms with Crippen molar-refractivity contribution >= 4 is 23.3 Å². The summed E-state index contributed by atoms with van der Waals surface area (Å²) in [6.07, 6.45) is 6.31. The monoisotopic (exact) mass is 321 g/mol. The Morgan fingerprint density at radius 3 is 2.67 bits per heavy atom. The first-order valence-corrected chi connectivity index (χ1v) is 7.62. The fraction of sp³-hybridized carbons (Fsp3) is 0.167. The molecule has 1 atom stereocenters.